The predicted molar refractivity (Wildman–Crippen MR) is 81.1 cm³/mol. The second-order valence-electron chi connectivity index (χ2n) is 4.96. The molecule has 0 radical (unpaired) electrons. The van der Waals surface area contributed by atoms with E-state index in [0.717, 1.165) is 22.6 Å². The molecule has 0 saturated heterocycles. The lowest BCUT2D eigenvalue weighted by Gasteiger charge is -2.11. The van der Waals surface area contributed by atoms with E-state index in [-0.39, 0.29) is 0 Å². The molecule has 0 saturated carbocycles. The first-order valence-electron chi connectivity index (χ1n) is 6.69. The molecule has 20 heavy (non-hydrogen) atoms. The molecule has 0 aliphatic rings. The van der Waals surface area contributed by atoms with Crippen molar-refractivity contribution in [2.75, 3.05) is 7.11 Å². The van der Waals surface area contributed by atoms with Crippen molar-refractivity contribution in [2.24, 2.45) is 5.73 Å². The maximum Gasteiger partial charge on any atom is 0.123 e. The summed E-state index contributed by atoms with van der Waals surface area (Å²) in [4.78, 5) is 0. The van der Waals surface area contributed by atoms with E-state index in [0.29, 0.717) is 13.2 Å². The SMILES string of the molecule is COc1ccc(COc2cc(C)cc(C)c2)cc1CN. The lowest BCUT2D eigenvalue weighted by molar-refractivity contribution is 0.305. The molecule has 0 fully saturated rings. The normalized spacial score (nSPS) is 10.4. The van der Waals surface area contributed by atoms with E-state index in [4.69, 9.17) is 15.2 Å². The van der Waals surface area contributed by atoms with Crippen molar-refractivity contribution in [1.82, 2.24) is 0 Å². The van der Waals surface area contributed by atoms with Gasteiger partial charge in [0.2, 0.25) is 0 Å². The van der Waals surface area contributed by atoms with Crippen LogP contribution in [0.1, 0.15) is 22.3 Å². The quantitative estimate of drug-likeness (QED) is 0.907. The number of rotatable bonds is 5. The molecule has 2 aromatic carbocycles. The average molecular weight is 271 g/mol. The highest BCUT2D eigenvalue weighted by molar-refractivity contribution is 5.37. The maximum absolute atomic E-state index is 5.85. The van der Waals surface area contributed by atoms with Gasteiger partial charge in [0.25, 0.3) is 0 Å². The second-order valence-corrected chi connectivity index (χ2v) is 4.96. The van der Waals surface area contributed by atoms with Gasteiger partial charge in [-0.15, -0.1) is 0 Å². The van der Waals surface area contributed by atoms with Crippen molar-refractivity contribution >= 4 is 0 Å². The molecule has 2 N–H and O–H groups in total. The molecule has 2 rings (SSSR count). The fourth-order valence-corrected chi connectivity index (χ4v) is 2.26. The zero-order valence-electron chi connectivity index (χ0n) is 12.3. The monoisotopic (exact) mass is 271 g/mol. The molecule has 106 valence electrons. The Morgan fingerprint density at radius 3 is 2.30 bits per heavy atom. The summed E-state index contributed by atoms with van der Waals surface area (Å²) in [5, 5.41) is 0. The van der Waals surface area contributed by atoms with Gasteiger partial charge in [0.1, 0.15) is 18.1 Å². The lowest BCUT2D eigenvalue weighted by Crippen LogP contribution is -2.03. The number of benzene rings is 2. The summed E-state index contributed by atoms with van der Waals surface area (Å²) in [5.41, 5.74) is 10.2. The van der Waals surface area contributed by atoms with Crippen LogP contribution in [-0.4, -0.2) is 7.11 Å². The summed E-state index contributed by atoms with van der Waals surface area (Å²) in [7, 11) is 1.65. The number of ether oxygens (including phenoxy) is 2. The highest BCUT2D eigenvalue weighted by Crippen LogP contribution is 2.21. The minimum absolute atomic E-state index is 0.459. The van der Waals surface area contributed by atoms with E-state index >= 15 is 0 Å². The Kier molecular flexibility index (Phi) is 4.64. The Bertz CT molecular complexity index is 573. The molecule has 0 unspecified atom stereocenters. The highest BCUT2D eigenvalue weighted by Gasteiger charge is 2.04. The van der Waals surface area contributed by atoms with E-state index < -0.39 is 0 Å². The first kappa shape index (κ1) is 14.4. The van der Waals surface area contributed by atoms with Crippen LogP contribution in [0, 0.1) is 13.8 Å². The standard InChI is InChI=1S/C17H21NO2/c1-12-6-13(2)8-16(7-12)20-11-14-4-5-17(19-3)15(9-14)10-18/h4-9H,10-11,18H2,1-3H3. The third-order valence-corrected chi connectivity index (χ3v) is 3.17. The molecule has 0 aromatic heterocycles. The number of aryl methyl sites for hydroxylation is 2. The van der Waals surface area contributed by atoms with Crippen LogP contribution in [0.25, 0.3) is 0 Å². The van der Waals surface area contributed by atoms with Crippen LogP contribution in [0.4, 0.5) is 0 Å². The molecule has 3 nitrogen and oxygen atoms in total. The Morgan fingerprint density at radius 1 is 1.00 bits per heavy atom. The summed E-state index contributed by atoms with van der Waals surface area (Å²) >= 11 is 0. The molecule has 3 heteroatoms. The van der Waals surface area contributed by atoms with Crippen molar-refractivity contribution in [3.8, 4) is 11.5 Å². The molecule has 0 bridgehead atoms. The van der Waals surface area contributed by atoms with Crippen LogP contribution in [-0.2, 0) is 13.2 Å². The summed E-state index contributed by atoms with van der Waals surface area (Å²) in [6.45, 7) is 5.12. The third-order valence-electron chi connectivity index (χ3n) is 3.17. The topological polar surface area (TPSA) is 44.5 Å². The van der Waals surface area contributed by atoms with E-state index in [1.54, 1.807) is 7.11 Å². The van der Waals surface area contributed by atoms with E-state index in [1.165, 1.54) is 11.1 Å². The number of hydrogen-bond donors (Lipinski definition) is 1. The van der Waals surface area contributed by atoms with Crippen molar-refractivity contribution in [3.63, 3.8) is 0 Å². The second kappa shape index (κ2) is 6.44. The Balaban J connectivity index is 2.10. The minimum Gasteiger partial charge on any atom is -0.496 e. The van der Waals surface area contributed by atoms with Gasteiger partial charge in [-0.25, -0.2) is 0 Å². The van der Waals surface area contributed by atoms with Crippen molar-refractivity contribution < 1.29 is 9.47 Å². The van der Waals surface area contributed by atoms with Gasteiger partial charge in [-0.2, -0.15) is 0 Å². The number of methoxy groups -OCH3 is 1. The van der Waals surface area contributed by atoms with Gasteiger partial charge in [0.05, 0.1) is 7.11 Å². The van der Waals surface area contributed by atoms with E-state index in [9.17, 15) is 0 Å². The molecule has 0 amide bonds. The average Bonchev–Trinajstić information content (AvgIpc) is 2.43. The summed E-state index contributed by atoms with van der Waals surface area (Å²) < 4.78 is 11.1. The van der Waals surface area contributed by atoms with Crippen LogP contribution in [0.3, 0.4) is 0 Å². The molecule has 0 aliphatic heterocycles. The van der Waals surface area contributed by atoms with Crippen LogP contribution in [0.5, 0.6) is 11.5 Å². The fourth-order valence-electron chi connectivity index (χ4n) is 2.26. The van der Waals surface area contributed by atoms with Crippen molar-refractivity contribution in [1.29, 1.82) is 0 Å². The van der Waals surface area contributed by atoms with Crippen molar-refractivity contribution in [2.45, 2.75) is 27.0 Å². The van der Waals surface area contributed by atoms with Crippen LogP contribution >= 0.6 is 0 Å². The lowest BCUT2D eigenvalue weighted by atomic mass is 10.1. The third kappa shape index (κ3) is 3.52. The molecule has 0 heterocycles. The molecule has 0 atom stereocenters. The molecular weight excluding hydrogens is 250 g/mol. The Labute approximate surface area is 120 Å². The summed E-state index contributed by atoms with van der Waals surface area (Å²) in [6, 6.07) is 12.2. The molecule has 0 spiro atoms. The smallest absolute Gasteiger partial charge is 0.123 e. The summed E-state index contributed by atoms with van der Waals surface area (Å²) in [6.07, 6.45) is 0. The summed E-state index contributed by atoms with van der Waals surface area (Å²) in [5.74, 6) is 1.72. The minimum atomic E-state index is 0.459. The zero-order chi connectivity index (χ0) is 14.5. The van der Waals surface area contributed by atoms with Crippen LogP contribution in [0.15, 0.2) is 36.4 Å². The first-order valence-corrected chi connectivity index (χ1v) is 6.69. The van der Waals surface area contributed by atoms with Gasteiger partial charge in [-0.3, -0.25) is 0 Å². The maximum atomic E-state index is 5.85. The number of hydrogen-bond acceptors (Lipinski definition) is 3. The Morgan fingerprint density at radius 2 is 1.70 bits per heavy atom. The molecular formula is C17H21NO2. The van der Waals surface area contributed by atoms with Crippen LogP contribution in [0.2, 0.25) is 0 Å². The zero-order valence-corrected chi connectivity index (χ0v) is 12.3. The largest absolute Gasteiger partial charge is 0.496 e. The van der Waals surface area contributed by atoms with Gasteiger partial charge >= 0.3 is 0 Å². The van der Waals surface area contributed by atoms with E-state index in [1.807, 2.05) is 30.3 Å². The number of nitrogens with two attached hydrogens (primary N) is 1. The first-order chi connectivity index (χ1) is 9.62. The van der Waals surface area contributed by atoms with Gasteiger partial charge in [-0.05, 0) is 54.8 Å². The van der Waals surface area contributed by atoms with Gasteiger partial charge in [0.15, 0.2) is 0 Å². The predicted octanol–water partition coefficient (Wildman–Crippen LogP) is 3.35. The van der Waals surface area contributed by atoms with Gasteiger partial charge in [-0.1, -0.05) is 12.1 Å². The molecule has 0 aliphatic carbocycles. The van der Waals surface area contributed by atoms with Crippen LogP contribution < -0.4 is 15.2 Å². The van der Waals surface area contributed by atoms with E-state index in [2.05, 4.69) is 19.9 Å². The van der Waals surface area contributed by atoms with Crippen molar-refractivity contribution in [3.05, 3.63) is 58.7 Å². The Hall–Kier alpha value is -2.00. The van der Waals surface area contributed by atoms with Gasteiger partial charge in [0, 0.05) is 12.1 Å². The molecule has 2 aromatic rings. The highest BCUT2D eigenvalue weighted by atomic mass is 16.5. The van der Waals surface area contributed by atoms with Gasteiger partial charge < -0.3 is 15.2 Å². The fraction of sp³-hybridized carbons (Fsp3) is 0.294.